The van der Waals surface area contributed by atoms with Crippen molar-refractivity contribution in [3.05, 3.63) is 42.5 Å². The van der Waals surface area contributed by atoms with Crippen LogP contribution in [0.1, 0.15) is 26.2 Å². The summed E-state index contributed by atoms with van der Waals surface area (Å²) < 4.78 is 27.6. The Morgan fingerprint density at radius 2 is 1.90 bits per heavy atom. The molecule has 1 aliphatic heterocycles. The molecule has 2 aromatic carbocycles. The van der Waals surface area contributed by atoms with Gasteiger partial charge in [0.2, 0.25) is 10.0 Å². The minimum absolute atomic E-state index is 0.152. The Labute approximate surface area is 120 Å². The number of fused-ring (bicyclic) bond motifs is 1. The second-order valence-corrected chi connectivity index (χ2v) is 7.16. The minimum atomic E-state index is -3.39. The predicted octanol–water partition coefficient (Wildman–Crippen LogP) is 3.40. The van der Waals surface area contributed by atoms with Gasteiger partial charge in [0.15, 0.2) is 0 Å². The zero-order valence-electron chi connectivity index (χ0n) is 11.6. The van der Waals surface area contributed by atoms with Gasteiger partial charge in [-0.25, -0.2) is 8.42 Å². The molecule has 3 rings (SSSR count). The van der Waals surface area contributed by atoms with E-state index in [1.807, 2.05) is 36.4 Å². The Kier molecular flexibility index (Phi) is 3.52. The average molecular weight is 289 g/mol. The van der Waals surface area contributed by atoms with Crippen molar-refractivity contribution in [3.63, 3.8) is 0 Å². The molecule has 1 aliphatic rings. The van der Waals surface area contributed by atoms with Crippen LogP contribution in [0, 0.1) is 0 Å². The highest BCUT2D eigenvalue weighted by Gasteiger charge is 2.34. The Morgan fingerprint density at radius 1 is 1.15 bits per heavy atom. The molecule has 0 amide bonds. The minimum Gasteiger partial charge on any atom is -0.207 e. The average Bonchev–Trinajstić information content (AvgIpc) is 2.96. The molecule has 4 heteroatoms. The fraction of sp³-hybridized carbons (Fsp3) is 0.375. The fourth-order valence-electron chi connectivity index (χ4n) is 3.08. The molecule has 0 bridgehead atoms. The monoisotopic (exact) mass is 289 g/mol. The summed E-state index contributed by atoms with van der Waals surface area (Å²) in [7, 11) is -3.39. The Bertz CT molecular complexity index is 719. The molecule has 106 valence electrons. The fourth-order valence-corrected chi connectivity index (χ4v) is 5.06. The van der Waals surface area contributed by atoms with Gasteiger partial charge in [-0.3, -0.25) is 0 Å². The van der Waals surface area contributed by atoms with Crippen LogP contribution < -0.4 is 0 Å². The van der Waals surface area contributed by atoms with E-state index in [-0.39, 0.29) is 6.04 Å². The first-order chi connectivity index (χ1) is 9.64. The van der Waals surface area contributed by atoms with E-state index >= 15 is 0 Å². The van der Waals surface area contributed by atoms with Crippen LogP contribution in [0.15, 0.2) is 47.4 Å². The van der Waals surface area contributed by atoms with Gasteiger partial charge in [-0.05, 0) is 30.7 Å². The molecule has 0 saturated carbocycles. The van der Waals surface area contributed by atoms with E-state index in [0.717, 1.165) is 30.0 Å². The Hall–Kier alpha value is -1.39. The van der Waals surface area contributed by atoms with Crippen LogP contribution >= 0.6 is 0 Å². The summed E-state index contributed by atoms with van der Waals surface area (Å²) in [5.41, 5.74) is 0. The largest absolute Gasteiger partial charge is 0.243 e. The van der Waals surface area contributed by atoms with E-state index in [9.17, 15) is 8.42 Å². The predicted molar refractivity (Wildman–Crippen MR) is 81.2 cm³/mol. The van der Waals surface area contributed by atoms with E-state index in [2.05, 4.69) is 6.92 Å². The lowest BCUT2D eigenvalue weighted by Gasteiger charge is -2.23. The summed E-state index contributed by atoms with van der Waals surface area (Å²) in [4.78, 5) is 0.441. The van der Waals surface area contributed by atoms with E-state index in [0.29, 0.717) is 11.4 Å². The van der Waals surface area contributed by atoms with E-state index < -0.39 is 10.0 Å². The van der Waals surface area contributed by atoms with Crippen LogP contribution in [-0.4, -0.2) is 25.3 Å². The molecule has 1 unspecified atom stereocenters. The normalized spacial score (nSPS) is 20.6. The van der Waals surface area contributed by atoms with Crippen molar-refractivity contribution in [1.29, 1.82) is 0 Å². The van der Waals surface area contributed by atoms with Crippen LogP contribution in [0.4, 0.5) is 0 Å². The SMILES string of the molecule is CCC1CCCN1S(=O)(=O)c1cccc2ccccc12. The molecule has 1 saturated heterocycles. The van der Waals surface area contributed by atoms with Gasteiger partial charge >= 0.3 is 0 Å². The maximum Gasteiger partial charge on any atom is 0.243 e. The summed E-state index contributed by atoms with van der Waals surface area (Å²) in [6.45, 7) is 2.70. The van der Waals surface area contributed by atoms with Crippen molar-refractivity contribution >= 4 is 20.8 Å². The van der Waals surface area contributed by atoms with E-state index in [1.54, 1.807) is 10.4 Å². The van der Waals surface area contributed by atoms with Crippen molar-refractivity contribution in [2.24, 2.45) is 0 Å². The summed E-state index contributed by atoms with van der Waals surface area (Å²) in [6, 6.07) is 13.3. The van der Waals surface area contributed by atoms with E-state index in [4.69, 9.17) is 0 Å². The lowest BCUT2D eigenvalue weighted by Crippen LogP contribution is -2.35. The second-order valence-electron chi connectivity index (χ2n) is 5.30. The van der Waals surface area contributed by atoms with Crippen LogP contribution in [-0.2, 0) is 10.0 Å². The van der Waals surface area contributed by atoms with Crippen molar-refractivity contribution in [2.75, 3.05) is 6.54 Å². The summed E-state index contributed by atoms with van der Waals surface area (Å²) in [6.07, 6.45) is 2.81. The van der Waals surface area contributed by atoms with Gasteiger partial charge in [-0.15, -0.1) is 0 Å². The first-order valence-electron chi connectivity index (χ1n) is 7.14. The molecule has 2 aromatic rings. The first-order valence-corrected chi connectivity index (χ1v) is 8.58. The van der Waals surface area contributed by atoms with E-state index in [1.165, 1.54) is 0 Å². The quantitative estimate of drug-likeness (QED) is 0.868. The zero-order valence-corrected chi connectivity index (χ0v) is 12.4. The van der Waals surface area contributed by atoms with Gasteiger partial charge in [0.1, 0.15) is 0 Å². The number of sulfonamides is 1. The number of nitrogens with zero attached hydrogens (tertiary/aromatic N) is 1. The van der Waals surface area contributed by atoms with Crippen molar-refractivity contribution < 1.29 is 8.42 Å². The Balaban J connectivity index is 2.14. The maximum atomic E-state index is 12.9. The molecule has 0 aliphatic carbocycles. The zero-order chi connectivity index (χ0) is 14.2. The van der Waals surface area contributed by atoms with Gasteiger partial charge < -0.3 is 0 Å². The third-order valence-electron chi connectivity index (χ3n) is 4.13. The molecule has 1 heterocycles. The summed E-state index contributed by atoms with van der Waals surface area (Å²) >= 11 is 0. The first kappa shape index (κ1) is 13.6. The maximum absolute atomic E-state index is 12.9. The van der Waals surface area contributed by atoms with Crippen molar-refractivity contribution in [2.45, 2.75) is 37.1 Å². The number of hydrogen-bond donors (Lipinski definition) is 0. The summed E-state index contributed by atoms with van der Waals surface area (Å²) in [5.74, 6) is 0. The number of rotatable bonds is 3. The second kappa shape index (κ2) is 5.19. The molecule has 3 nitrogen and oxygen atoms in total. The molecular weight excluding hydrogens is 270 g/mol. The molecule has 0 aromatic heterocycles. The van der Waals surface area contributed by atoms with Gasteiger partial charge in [0, 0.05) is 18.0 Å². The standard InChI is InChI=1S/C16H19NO2S/c1-2-14-9-6-12-17(14)20(18,19)16-11-5-8-13-7-3-4-10-15(13)16/h3-5,7-8,10-11,14H,2,6,9,12H2,1H3. The molecule has 20 heavy (non-hydrogen) atoms. The molecule has 1 atom stereocenters. The highest BCUT2D eigenvalue weighted by Crippen LogP contribution is 2.31. The molecular formula is C16H19NO2S. The van der Waals surface area contributed by atoms with Crippen LogP contribution in [0.3, 0.4) is 0 Å². The van der Waals surface area contributed by atoms with Gasteiger partial charge in [0.05, 0.1) is 4.90 Å². The number of hydrogen-bond acceptors (Lipinski definition) is 2. The molecule has 0 N–H and O–H groups in total. The van der Waals surface area contributed by atoms with Gasteiger partial charge in [-0.2, -0.15) is 4.31 Å². The topological polar surface area (TPSA) is 37.4 Å². The molecule has 1 fully saturated rings. The lowest BCUT2D eigenvalue weighted by molar-refractivity contribution is 0.380. The lowest BCUT2D eigenvalue weighted by atomic mass is 10.1. The van der Waals surface area contributed by atoms with Crippen LogP contribution in [0.25, 0.3) is 10.8 Å². The summed E-state index contributed by atoms with van der Waals surface area (Å²) in [5, 5.41) is 1.79. The van der Waals surface area contributed by atoms with Gasteiger partial charge in [-0.1, -0.05) is 43.3 Å². The van der Waals surface area contributed by atoms with Crippen LogP contribution in [0.2, 0.25) is 0 Å². The highest BCUT2D eigenvalue weighted by molar-refractivity contribution is 7.89. The Morgan fingerprint density at radius 3 is 2.70 bits per heavy atom. The van der Waals surface area contributed by atoms with Crippen LogP contribution in [0.5, 0.6) is 0 Å². The van der Waals surface area contributed by atoms with Crippen molar-refractivity contribution in [3.8, 4) is 0 Å². The third kappa shape index (κ3) is 2.13. The highest BCUT2D eigenvalue weighted by atomic mass is 32.2. The number of benzene rings is 2. The molecule has 0 radical (unpaired) electrons. The van der Waals surface area contributed by atoms with Crippen molar-refractivity contribution in [1.82, 2.24) is 4.31 Å². The third-order valence-corrected chi connectivity index (χ3v) is 6.14. The van der Waals surface area contributed by atoms with Gasteiger partial charge in [0.25, 0.3) is 0 Å². The smallest absolute Gasteiger partial charge is 0.207 e. The molecule has 0 spiro atoms.